The predicted octanol–water partition coefficient (Wildman–Crippen LogP) is 2.67. The number of rotatable bonds is 3. The van der Waals surface area contributed by atoms with Crippen LogP contribution in [0.1, 0.15) is 18.9 Å². The molecule has 21 heavy (non-hydrogen) atoms. The van der Waals surface area contributed by atoms with E-state index in [1.54, 1.807) is 18.2 Å². The Labute approximate surface area is 121 Å². The summed E-state index contributed by atoms with van der Waals surface area (Å²) >= 11 is 0. The molecule has 2 aromatic heterocycles. The molecule has 3 rings (SSSR count). The highest BCUT2D eigenvalue weighted by Gasteiger charge is 2.13. The second-order valence-electron chi connectivity index (χ2n) is 4.83. The summed E-state index contributed by atoms with van der Waals surface area (Å²) in [5.41, 5.74) is 2.85. The highest BCUT2D eigenvalue weighted by Crippen LogP contribution is 2.24. The van der Waals surface area contributed by atoms with Crippen molar-refractivity contribution in [2.75, 3.05) is 0 Å². The van der Waals surface area contributed by atoms with Crippen molar-refractivity contribution >= 4 is 11.0 Å². The van der Waals surface area contributed by atoms with Crippen molar-refractivity contribution in [1.82, 2.24) is 14.5 Å². The van der Waals surface area contributed by atoms with Gasteiger partial charge in [0.1, 0.15) is 0 Å². The van der Waals surface area contributed by atoms with Gasteiger partial charge in [-0.05, 0) is 30.7 Å². The van der Waals surface area contributed by atoms with Crippen molar-refractivity contribution in [1.29, 1.82) is 5.26 Å². The molecule has 0 bridgehead atoms. The summed E-state index contributed by atoms with van der Waals surface area (Å²) in [5.74, 6) is 0.722. The Balaban J connectivity index is 2.28. The molecule has 0 saturated carbocycles. The number of hydrogen-bond donors (Lipinski definition) is 1. The van der Waals surface area contributed by atoms with E-state index in [9.17, 15) is 4.79 Å². The molecule has 2 heterocycles. The monoisotopic (exact) mass is 278 g/mol. The number of imidazole rings is 1. The van der Waals surface area contributed by atoms with Crippen LogP contribution in [0.5, 0.6) is 0 Å². The van der Waals surface area contributed by atoms with Crippen LogP contribution in [0.15, 0.2) is 41.2 Å². The molecule has 0 fully saturated rings. The van der Waals surface area contributed by atoms with E-state index in [2.05, 4.69) is 27.5 Å². The first-order valence-corrected chi connectivity index (χ1v) is 6.83. The summed E-state index contributed by atoms with van der Waals surface area (Å²) in [6.07, 6.45) is 0.954. The van der Waals surface area contributed by atoms with E-state index in [0.29, 0.717) is 11.3 Å². The third-order valence-corrected chi connectivity index (χ3v) is 3.33. The maximum atomic E-state index is 11.5. The zero-order chi connectivity index (χ0) is 14.8. The van der Waals surface area contributed by atoms with E-state index in [1.807, 2.05) is 12.1 Å². The Hall–Kier alpha value is -2.87. The number of nitrogens with one attached hydrogen (secondary N) is 1. The van der Waals surface area contributed by atoms with Crippen molar-refractivity contribution in [2.24, 2.45) is 0 Å². The highest BCUT2D eigenvalue weighted by molar-refractivity contribution is 5.81. The summed E-state index contributed by atoms with van der Waals surface area (Å²) in [5, 5.41) is 9.00. The summed E-state index contributed by atoms with van der Waals surface area (Å²) in [7, 11) is 0. The lowest BCUT2D eigenvalue weighted by Gasteiger charge is -2.07. The number of hydrogen-bond acceptors (Lipinski definition) is 3. The molecule has 1 N–H and O–H groups in total. The van der Waals surface area contributed by atoms with Crippen molar-refractivity contribution in [2.45, 2.75) is 19.9 Å². The van der Waals surface area contributed by atoms with Gasteiger partial charge in [-0.15, -0.1) is 0 Å². The molecule has 3 aromatic rings. The van der Waals surface area contributed by atoms with Crippen molar-refractivity contribution < 1.29 is 0 Å². The van der Waals surface area contributed by atoms with Crippen molar-refractivity contribution in [3.63, 3.8) is 0 Å². The molecule has 0 radical (unpaired) electrons. The van der Waals surface area contributed by atoms with Crippen LogP contribution in [0, 0.1) is 11.3 Å². The lowest BCUT2D eigenvalue weighted by molar-refractivity contribution is 0.702. The number of pyridine rings is 1. The molecule has 0 atom stereocenters. The quantitative estimate of drug-likeness (QED) is 0.800. The molecule has 0 aliphatic heterocycles. The molecule has 0 aliphatic carbocycles. The normalized spacial score (nSPS) is 10.7. The summed E-state index contributed by atoms with van der Waals surface area (Å²) in [4.78, 5) is 18.9. The third-order valence-electron chi connectivity index (χ3n) is 3.33. The minimum Gasteiger partial charge on any atom is -0.323 e. The van der Waals surface area contributed by atoms with Crippen LogP contribution in [-0.2, 0) is 6.54 Å². The number of aromatic nitrogens is 3. The standard InChI is InChI=1S/C16H14N4O/c1-2-8-20-14-7-6-11(10-17)9-13(14)19-16(20)12-4-3-5-15(21)18-12/h3-7,9H,2,8H2,1H3,(H,18,21). The molecular weight excluding hydrogens is 264 g/mol. The maximum absolute atomic E-state index is 11.5. The van der Waals surface area contributed by atoms with E-state index in [0.717, 1.165) is 29.8 Å². The Morgan fingerprint density at radius 2 is 2.19 bits per heavy atom. The Bertz CT molecular complexity index is 899. The molecular formula is C16H14N4O. The van der Waals surface area contributed by atoms with E-state index in [1.165, 1.54) is 6.07 Å². The topological polar surface area (TPSA) is 74.5 Å². The van der Waals surface area contributed by atoms with Gasteiger partial charge in [-0.1, -0.05) is 13.0 Å². The molecule has 104 valence electrons. The lowest BCUT2D eigenvalue weighted by Crippen LogP contribution is -2.07. The second-order valence-corrected chi connectivity index (χ2v) is 4.83. The SMILES string of the molecule is CCCn1c(-c2cccc(=O)[nH]2)nc2cc(C#N)ccc21. The fourth-order valence-corrected chi connectivity index (χ4v) is 2.43. The van der Waals surface area contributed by atoms with Crippen molar-refractivity contribution in [3.8, 4) is 17.6 Å². The zero-order valence-electron chi connectivity index (χ0n) is 11.6. The van der Waals surface area contributed by atoms with Gasteiger partial charge in [0.15, 0.2) is 5.82 Å². The molecule has 0 unspecified atom stereocenters. The van der Waals surface area contributed by atoms with Crippen LogP contribution in [-0.4, -0.2) is 14.5 Å². The van der Waals surface area contributed by atoms with Crippen LogP contribution in [0.4, 0.5) is 0 Å². The minimum atomic E-state index is -0.152. The van der Waals surface area contributed by atoms with Crippen LogP contribution < -0.4 is 5.56 Å². The largest absolute Gasteiger partial charge is 0.323 e. The Morgan fingerprint density at radius 1 is 1.33 bits per heavy atom. The van der Waals surface area contributed by atoms with Crippen molar-refractivity contribution in [3.05, 3.63) is 52.3 Å². The molecule has 0 spiro atoms. The molecule has 0 amide bonds. The molecule has 1 aromatic carbocycles. The average Bonchev–Trinajstić information content (AvgIpc) is 2.85. The number of H-pyrrole nitrogens is 1. The number of aryl methyl sites for hydroxylation is 1. The lowest BCUT2D eigenvalue weighted by atomic mass is 10.2. The first-order valence-electron chi connectivity index (χ1n) is 6.83. The average molecular weight is 278 g/mol. The van der Waals surface area contributed by atoms with Gasteiger partial charge in [-0.25, -0.2) is 4.98 Å². The minimum absolute atomic E-state index is 0.152. The van der Waals surface area contributed by atoms with Gasteiger partial charge in [0.2, 0.25) is 5.56 Å². The fourth-order valence-electron chi connectivity index (χ4n) is 2.43. The van der Waals surface area contributed by atoms with Crippen LogP contribution >= 0.6 is 0 Å². The number of aromatic amines is 1. The maximum Gasteiger partial charge on any atom is 0.248 e. The Morgan fingerprint density at radius 3 is 2.90 bits per heavy atom. The second kappa shape index (κ2) is 5.25. The van der Waals surface area contributed by atoms with E-state index in [-0.39, 0.29) is 5.56 Å². The summed E-state index contributed by atoms with van der Waals surface area (Å²) in [6.45, 7) is 2.89. The number of nitriles is 1. The van der Waals surface area contributed by atoms with Gasteiger partial charge in [-0.3, -0.25) is 4.79 Å². The third kappa shape index (κ3) is 2.32. The molecule has 5 nitrogen and oxygen atoms in total. The first-order chi connectivity index (χ1) is 10.2. The van der Waals surface area contributed by atoms with Gasteiger partial charge in [0, 0.05) is 12.6 Å². The first kappa shape index (κ1) is 13.1. The molecule has 0 saturated heterocycles. The van der Waals surface area contributed by atoms with Crippen LogP contribution in [0.2, 0.25) is 0 Å². The predicted molar refractivity (Wildman–Crippen MR) is 80.8 cm³/mol. The highest BCUT2D eigenvalue weighted by atomic mass is 16.1. The van der Waals surface area contributed by atoms with E-state index >= 15 is 0 Å². The number of benzene rings is 1. The molecule has 0 aliphatic rings. The zero-order valence-corrected chi connectivity index (χ0v) is 11.6. The van der Waals surface area contributed by atoms with E-state index in [4.69, 9.17) is 5.26 Å². The van der Waals surface area contributed by atoms with Gasteiger partial charge in [0.05, 0.1) is 28.4 Å². The van der Waals surface area contributed by atoms with Gasteiger partial charge < -0.3 is 9.55 Å². The smallest absolute Gasteiger partial charge is 0.248 e. The summed E-state index contributed by atoms with van der Waals surface area (Å²) in [6, 6.07) is 12.6. The number of nitrogens with zero attached hydrogens (tertiary/aromatic N) is 3. The molecule has 5 heteroatoms. The number of fused-ring (bicyclic) bond motifs is 1. The summed E-state index contributed by atoms with van der Waals surface area (Å²) < 4.78 is 2.07. The fraction of sp³-hybridized carbons (Fsp3) is 0.188. The Kier molecular flexibility index (Phi) is 3.28. The van der Waals surface area contributed by atoms with Gasteiger partial charge in [0.25, 0.3) is 0 Å². The van der Waals surface area contributed by atoms with Gasteiger partial charge >= 0.3 is 0 Å². The van der Waals surface area contributed by atoms with Crippen LogP contribution in [0.25, 0.3) is 22.6 Å². The van der Waals surface area contributed by atoms with E-state index < -0.39 is 0 Å². The van der Waals surface area contributed by atoms with Gasteiger partial charge in [-0.2, -0.15) is 5.26 Å². The van der Waals surface area contributed by atoms with Crippen LogP contribution in [0.3, 0.4) is 0 Å².